The molecule has 1 N–H and O–H groups in total. The second-order valence-corrected chi connectivity index (χ2v) is 8.14. The van der Waals surface area contributed by atoms with Gasteiger partial charge in [-0.25, -0.2) is 4.79 Å². The minimum absolute atomic E-state index is 0.123. The number of methoxy groups -OCH3 is 1. The Bertz CT molecular complexity index is 1250. The van der Waals surface area contributed by atoms with Crippen molar-refractivity contribution in [3.8, 4) is 22.9 Å². The average molecular weight is 461 g/mol. The molecular formula is C26H21ClN2O4. The summed E-state index contributed by atoms with van der Waals surface area (Å²) < 4.78 is 5.53. The summed E-state index contributed by atoms with van der Waals surface area (Å²) in [7, 11) is 1.39. The summed E-state index contributed by atoms with van der Waals surface area (Å²) in [6.07, 6.45) is 0.741. The van der Waals surface area contributed by atoms with E-state index >= 15 is 0 Å². The van der Waals surface area contributed by atoms with Crippen molar-refractivity contribution in [3.63, 3.8) is 0 Å². The van der Waals surface area contributed by atoms with Gasteiger partial charge < -0.3 is 14.7 Å². The molecule has 3 aromatic rings. The van der Waals surface area contributed by atoms with Crippen LogP contribution >= 0.6 is 11.6 Å². The number of carboxylic acid groups (broad SMARTS) is 1. The van der Waals surface area contributed by atoms with Gasteiger partial charge in [-0.2, -0.15) is 5.26 Å². The quantitative estimate of drug-likeness (QED) is 0.556. The van der Waals surface area contributed by atoms with Crippen LogP contribution in [0.25, 0.3) is 11.1 Å². The van der Waals surface area contributed by atoms with Gasteiger partial charge in [0.25, 0.3) is 5.91 Å². The van der Waals surface area contributed by atoms with E-state index in [-0.39, 0.29) is 23.3 Å². The van der Waals surface area contributed by atoms with Gasteiger partial charge in [0.15, 0.2) is 0 Å². The van der Waals surface area contributed by atoms with Gasteiger partial charge in [0.05, 0.1) is 24.3 Å². The number of amides is 1. The molecule has 166 valence electrons. The first-order chi connectivity index (χ1) is 16.0. The van der Waals surface area contributed by atoms with Crippen LogP contribution in [-0.2, 0) is 4.79 Å². The molecule has 0 aromatic heterocycles. The van der Waals surface area contributed by atoms with Crippen molar-refractivity contribution in [1.82, 2.24) is 4.90 Å². The van der Waals surface area contributed by atoms with Crippen LogP contribution in [0.1, 0.15) is 40.4 Å². The Hall–Kier alpha value is -3.82. The molecule has 7 heteroatoms. The van der Waals surface area contributed by atoms with Gasteiger partial charge in [0.2, 0.25) is 0 Å². The maximum absolute atomic E-state index is 14.1. The Morgan fingerprint density at radius 3 is 2.39 bits per heavy atom. The molecule has 0 bridgehead atoms. The SMILES string of the molecule is COc1c(C#N)ccc(-c2ccccc2)c1C(=O)N1C(C(=O)O)CCC1c1ccccc1Cl. The van der Waals surface area contributed by atoms with Crippen molar-refractivity contribution < 1.29 is 19.4 Å². The molecule has 4 rings (SSSR count). The van der Waals surface area contributed by atoms with Crippen molar-refractivity contribution in [3.05, 3.63) is 88.4 Å². The van der Waals surface area contributed by atoms with Crippen molar-refractivity contribution in [2.45, 2.75) is 24.9 Å². The van der Waals surface area contributed by atoms with E-state index in [4.69, 9.17) is 16.3 Å². The van der Waals surface area contributed by atoms with E-state index in [0.29, 0.717) is 22.6 Å². The number of nitriles is 1. The zero-order valence-corrected chi connectivity index (χ0v) is 18.6. The number of halogens is 1. The highest BCUT2D eigenvalue weighted by Crippen LogP contribution is 2.43. The molecule has 1 aliphatic heterocycles. The summed E-state index contributed by atoms with van der Waals surface area (Å²) in [6, 6.07) is 20.2. The lowest BCUT2D eigenvalue weighted by molar-refractivity contribution is -0.141. The van der Waals surface area contributed by atoms with Gasteiger partial charge in [-0.05, 0) is 41.7 Å². The minimum Gasteiger partial charge on any atom is -0.495 e. The highest BCUT2D eigenvalue weighted by atomic mass is 35.5. The molecule has 0 aliphatic carbocycles. The third-order valence-electron chi connectivity index (χ3n) is 5.95. The van der Waals surface area contributed by atoms with Crippen LogP contribution in [0.3, 0.4) is 0 Å². The number of benzene rings is 3. The summed E-state index contributed by atoms with van der Waals surface area (Å²) in [5.41, 5.74) is 2.36. The Labute approximate surface area is 196 Å². The van der Waals surface area contributed by atoms with E-state index in [1.54, 1.807) is 30.3 Å². The molecular weight excluding hydrogens is 440 g/mol. The molecule has 1 saturated heterocycles. The molecule has 6 nitrogen and oxygen atoms in total. The highest BCUT2D eigenvalue weighted by Gasteiger charge is 2.44. The molecule has 1 heterocycles. The lowest BCUT2D eigenvalue weighted by Crippen LogP contribution is -2.42. The molecule has 0 spiro atoms. The maximum atomic E-state index is 14.1. The Balaban J connectivity index is 1.93. The number of carbonyl (C=O) groups is 2. The van der Waals surface area contributed by atoms with Crippen LogP contribution < -0.4 is 4.74 Å². The molecule has 1 fully saturated rings. The van der Waals surface area contributed by atoms with Crippen molar-refractivity contribution >= 4 is 23.5 Å². The van der Waals surface area contributed by atoms with Gasteiger partial charge in [0.1, 0.15) is 17.9 Å². The van der Waals surface area contributed by atoms with Crippen LogP contribution in [0.4, 0.5) is 0 Å². The van der Waals surface area contributed by atoms with Gasteiger partial charge in [0, 0.05) is 5.02 Å². The van der Waals surface area contributed by atoms with E-state index in [1.165, 1.54) is 12.0 Å². The Morgan fingerprint density at radius 2 is 1.76 bits per heavy atom. The monoisotopic (exact) mass is 460 g/mol. The van der Waals surface area contributed by atoms with Gasteiger partial charge in [-0.1, -0.05) is 66.2 Å². The summed E-state index contributed by atoms with van der Waals surface area (Å²) in [5.74, 6) is -1.48. The molecule has 2 unspecified atom stereocenters. The van der Waals surface area contributed by atoms with Gasteiger partial charge in [-0.3, -0.25) is 4.79 Å². The van der Waals surface area contributed by atoms with E-state index in [9.17, 15) is 20.0 Å². The Kier molecular flexibility index (Phi) is 6.34. The molecule has 2 atom stereocenters. The third-order valence-corrected chi connectivity index (χ3v) is 6.29. The van der Waals surface area contributed by atoms with Crippen LogP contribution in [0, 0.1) is 11.3 Å². The lowest BCUT2D eigenvalue weighted by Gasteiger charge is -2.30. The normalized spacial score (nSPS) is 17.4. The lowest BCUT2D eigenvalue weighted by atomic mass is 9.94. The fourth-order valence-electron chi connectivity index (χ4n) is 4.47. The van der Waals surface area contributed by atoms with E-state index in [1.807, 2.05) is 36.4 Å². The number of carboxylic acids is 1. The van der Waals surface area contributed by atoms with Crippen molar-refractivity contribution in [2.24, 2.45) is 0 Å². The molecule has 0 saturated carbocycles. The summed E-state index contributed by atoms with van der Waals surface area (Å²) in [4.78, 5) is 27.6. The third kappa shape index (κ3) is 4.04. The second kappa shape index (κ2) is 9.35. The van der Waals surface area contributed by atoms with Crippen LogP contribution in [0.15, 0.2) is 66.7 Å². The van der Waals surface area contributed by atoms with Crippen molar-refractivity contribution in [1.29, 1.82) is 5.26 Å². The van der Waals surface area contributed by atoms with E-state index in [2.05, 4.69) is 6.07 Å². The first-order valence-electron chi connectivity index (χ1n) is 10.4. The van der Waals surface area contributed by atoms with E-state index in [0.717, 1.165) is 5.56 Å². The number of likely N-dealkylation sites (tertiary alicyclic amines) is 1. The number of hydrogen-bond donors (Lipinski definition) is 1. The van der Waals surface area contributed by atoms with E-state index < -0.39 is 24.0 Å². The maximum Gasteiger partial charge on any atom is 0.326 e. The number of nitrogens with zero attached hydrogens (tertiary/aromatic N) is 2. The van der Waals surface area contributed by atoms with Gasteiger partial charge in [-0.15, -0.1) is 0 Å². The number of rotatable bonds is 5. The topological polar surface area (TPSA) is 90.6 Å². The molecule has 3 aromatic carbocycles. The van der Waals surface area contributed by atoms with Crippen LogP contribution in [-0.4, -0.2) is 35.0 Å². The second-order valence-electron chi connectivity index (χ2n) is 7.73. The fourth-order valence-corrected chi connectivity index (χ4v) is 4.73. The fraction of sp³-hybridized carbons (Fsp3) is 0.192. The molecule has 1 aliphatic rings. The molecule has 0 radical (unpaired) electrons. The summed E-state index contributed by atoms with van der Waals surface area (Å²) in [6.45, 7) is 0. The predicted octanol–water partition coefficient (Wildman–Crippen LogP) is 5.32. The molecule has 1 amide bonds. The smallest absolute Gasteiger partial charge is 0.326 e. The number of ether oxygens (including phenoxy) is 1. The standard InChI is InChI=1S/C26H21ClN2O4/c1-33-24-17(15-28)11-12-18(16-7-3-2-4-8-16)23(24)25(30)29-21(13-14-22(29)26(31)32)19-9-5-6-10-20(19)27/h2-12,21-22H,13-14H2,1H3,(H,31,32). The first-order valence-corrected chi connectivity index (χ1v) is 10.8. The van der Waals surface area contributed by atoms with Crippen molar-refractivity contribution in [2.75, 3.05) is 7.11 Å². The number of hydrogen-bond acceptors (Lipinski definition) is 4. The largest absolute Gasteiger partial charge is 0.495 e. The Morgan fingerprint density at radius 1 is 1.06 bits per heavy atom. The van der Waals surface area contributed by atoms with Crippen LogP contribution in [0.5, 0.6) is 5.75 Å². The minimum atomic E-state index is -1.09. The van der Waals surface area contributed by atoms with Gasteiger partial charge >= 0.3 is 5.97 Å². The first kappa shape index (κ1) is 22.4. The van der Waals surface area contributed by atoms with Crippen LogP contribution in [0.2, 0.25) is 5.02 Å². The zero-order valence-electron chi connectivity index (χ0n) is 17.9. The average Bonchev–Trinajstić information content (AvgIpc) is 3.28. The summed E-state index contributed by atoms with van der Waals surface area (Å²) >= 11 is 6.43. The highest BCUT2D eigenvalue weighted by molar-refractivity contribution is 6.31. The predicted molar refractivity (Wildman–Crippen MR) is 124 cm³/mol. The molecule has 33 heavy (non-hydrogen) atoms. The number of carbonyl (C=O) groups excluding carboxylic acids is 1. The zero-order chi connectivity index (χ0) is 23.5. The number of aliphatic carboxylic acids is 1. The summed E-state index contributed by atoms with van der Waals surface area (Å²) in [5, 5.41) is 20.0.